The lowest BCUT2D eigenvalue weighted by Crippen LogP contribution is -2.23. The van der Waals surface area contributed by atoms with Crippen molar-refractivity contribution in [3.8, 4) is 0 Å². The maximum atomic E-state index is 12.4. The molecule has 0 aromatic carbocycles. The van der Waals surface area contributed by atoms with Crippen LogP contribution in [-0.4, -0.2) is 68.7 Å². The molecule has 0 aromatic rings. The summed E-state index contributed by atoms with van der Waals surface area (Å²) in [4.78, 5) is 26.7. The van der Waals surface area contributed by atoms with Crippen LogP contribution in [0.5, 0.6) is 0 Å². The molecule has 0 amide bonds. The van der Waals surface area contributed by atoms with Gasteiger partial charge >= 0.3 is 12.1 Å². The molecule has 1 unspecified atom stereocenters. The average molecular weight is 642 g/mol. The summed E-state index contributed by atoms with van der Waals surface area (Å²) in [6, 6.07) is 0. The van der Waals surface area contributed by atoms with E-state index in [1.165, 1.54) is 96.3 Å². The van der Waals surface area contributed by atoms with Crippen molar-refractivity contribution < 1.29 is 28.9 Å². The first-order valence-corrected chi connectivity index (χ1v) is 19.2. The second-order valence-electron chi connectivity index (χ2n) is 13.5. The summed E-state index contributed by atoms with van der Waals surface area (Å²) in [5.74, 6) is 0.761. The Bertz CT molecular complexity index is 634. The lowest BCUT2D eigenvalue weighted by atomic mass is 9.90. The van der Waals surface area contributed by atoms with Crippen LogP contribution in [0, 0.1) is 5.92 Å². The van der Waals surface area contributed by atoms with E-state index in [0.29, 0.717) is 19.4 Å². The molecule has 1 atom stereocenters. The molecule has 0 heterocycles. The summed E-state index contributed by atoms with van der Waals surface area (Å²) in [5.41, 5.74) is 0. The molecule has 0 spiro atoms. The zero-order valence-corrected chi connectivity index (χ0v) is 30.3. The number of aliphatic hydroxyl groups is 1. The highest BCUT2D eigenvalue weighted by Gasteiger charge is 2.17. The number of hydrogen-bond acceptors (Lipinski definition) is 7. The highest BCUT2D eigenvalue weighted by atomic mass is 16.7. The number of hydrogen-bond donors (Lipinski definition) is 1. The molecule has 1 N–H and O–H groups in total. The molecular weight excluding hydrogens is 566 g/mol. The Labute approximate surface area is 278 Å². The van der Waals surface area contributed by atoms with Crippen LogP contribution in [0.1, 0.15) is 181 Å². The molecule has 268 valence electrons. The Morgan fingerprint density at radius 2 is 1.09 bits per heavy atom. The van der Waals surface area contributed by atoms with Crippen molar-refractivity contribution >= 4 is 12.1 Å². The predicted molar refractivity (Wildman–Crippen MR) is 188 cm³/mol. The van der Waals surface area contributed by atoms with Crippen molar-refractivity contribution in [3.63, 3.8) is 0 Å². The Hall–Kier alpha value is -1.34. The van der Waals surface area contributed by atoms with Crippen molar-refractivity contribution in [2.24, 2.45) is 5.92 Å². The van der Waals surface area contributed by atoms with Crippen LogP contribution in [0.25, 0.3) is 0 Å². The Morgan fingerprint density at radius 3 is 1.64 bits per heavy atom. The van der Waals surface area contributed by atoms with Crippen LogP contribution in [0.2, 0.25) is 0 Å². The number of aliphatic hydroxyl groups excluding tert-OH is 1. The van der Waals surface area contributed by atoms with E-state index in [9.17, 15) is 9.59 Å². The van der Waals surface area contributed by atoms with E-state index in [1.807, 2.05) is 14.1 Å². The highest BCUT2D eigenvalue weighted by molar-refractivity contribution is 5.69. The zero-order chi connectivity index (χ0) is 33.2. The number of esters is 1. The molecule has 0 aliphatic carbocycles. The number of rotatable bonds is 34. The van der Waals surface area contributed by atoms with Crippen molar-refractivity contribution in [2.45, 2.75) is 187 Å². The molecular formula is C38H75NO6. The van der Waals surface area contributed by atoms with Gasteiger partial charge in [-0.05, 0) is 52.1 Å². The minimum atomic E-state index is -0.623. The minimum Gasteiger partial charge on any atom is -0.466 e. The Morgan fingerprint density at radius 1 is 0.578 bits per heavy atom. The standard InChI is InChI=1S/C38H75NO6/c1-5-7-18-25-35(26-19-8-6-2)27-20-14-13-16-22-29-37(41)43-34-30-36(45-38(42)44-33-24-31-39(3)4)28-21-15-11-9-10-12-17-23-32-40/h35-36,40H,5-34H2,1-4H3. The van der Waals surface area contributed by atoms with E-state index in [-0.39, 0.29) is 25.3 Å². The van der Waals surface area contributed by atoms with Gasteiger partial charge in [-0.15, -0.1) is 0 Å². The Kier molecular flexibility index (Phi) is 33.0. The second kappa shape index (κ2) is 34.0. The monoisotopic (exact) mass is 642 g/mol. The third-order valence-corrected chi connectivity index (χ3v) is 8.79. The van der Waals surface area contributed by atoms with E-state index >= 15 is 0 Å². The number of unbranched alkanes of at least 4 members (excludes halogenated alkanes) is 15. The Balaban J connectivity index is 4.23. The van der Waals surface area contributed by atoms with Gasteiger partial charge in [-0.2, -0.15) is 0 Å². The van der Waals surface area contributed by atoms with Gasteiger partial charge in [0.15, 0.2) is 0 Å². The summed E-state index contributed by atoms with van der Waals surface area (Å²) in [6.07, 6.45) is 28.4. The first kappa shape index (κ1) is 43.7. The molecule has 0 saturated heterocycles. The van der Waals surface area contributed by atoms with Crippen LogP contribution in [-0.2, 0) is 19.0 Å². The molecule has 7 heteroatoms. The van der Waals surface area contributed by atoms with Gasteiger partial charge in [0.05, 0.1) is 13.2 Å². The molecule has 7 nitrogen and oxygen atoms in total. The quantitative estimate of drug-likeness (QED) is 0.0553. The van der Waals surface area contributed by atoms with Gasteiger partial charge in [-0.25, -0.2) is 4.79 Å². The molecule has 0 fully saturated rings. The molecule has 45 heavy (non-hydrogen) atoms. The van der Waals surface area contributed by atoms with Gasteiger partial charge in [0.1, 0.15) is 6.10 Å². The third kappa shape index (κ3) is 32.4. The van der Waals surface area contributed by atoms with Crippen LogP contribution in [0.15, 0.2) is 0 Å². The molecule has 0 saturated carbocycles. The van der Waals surface area contributed by atoms with E-state index in [4.69, 9.17) is 19.3 Å². The van der Waals surface area contributed by atoms with Crippen LogP contribution in [0.3, 0.4) is 0 Å². The number of ether oxygens (including phenoxy) is 3. The smallest absolute Gasteiger partial charge is 0.466 e. The van der Waals surface area contributed by atoms with Gasteiger partial charge in [0.25, 0.3) is 0 Å². The van der Waals surface area contributed by atoms with Gasteiger partial charge in [-0.1, -0.05) is 136 Å². The summed E-state index contributed by atoms with van der Waals surface area (Å²) >= 11 is 0. The van der Waals surface area contributed by atoms with Gasteiger partial charge in [0, 0.05) is 26.0 Å². The van der Waals surface area contributed by atoms with Gasteiger partial charge in [0.2, 0.25) is 0 Å². The normalized spacial score (nSPS) is 12.2. The molecule has 0 rings (SSSR count). The summed E-state index contributed by atoms with van der Waals surface area (Å²) in [5, 5.41) is 8.89. The van der Waals surface area contributed by atoms with Crippen LogP contribution < -0.4 is 0 Å². The fourth-order valence-corrected chi connectivity index (χ4v) is 5.92. The maximum Gasteiger partial charge on any atom is 0.508 e. The van der Waals surface area contributed by atoms with Crippen LogP contribution >= 0.6 is 0 Å². The zero-order valence-electron chi connectivity index (χ0n) is 30.3. The molecule has 0 aromatic heterocycles. The van der Waals surface area contributed by atoms with E-state index in [1.54, 1.807) is 0 Å². The van der Waals surface area contributed by atoms with Crippen molar-refractivity contribution in [3.05, 3.63) is 0 Å². The van der Waals surface area contributed by atoms with Gasteiger partial charge < -0.3 is 24.2 Å². The highest BCUT2D eigenvalue weighted by Crippen LogP contribution is 2.24. The number of carbonyl (C=O) groups excluding carboxylic acids is 2. The third-order valence-electron chi connectivity index (χ3n) is 8.79. The van der Waals surface area contributed by atoms with Crippen LogP contribution in [0.4, 0.5) is 4.79 Å². The van der Waals surface area contributed by atoms with Gasteiger partial charge in [-0.3, -0.25) is 4.79 Å². The van der Waals surface area contributed by atoms with Crippen molar-refractivity contribution in [2.75, 3.05) is 40.5 Å². The SMILES string of the molecule is CCCCCC(CCCCC)CCCCCCCC(=O)OCCC(CCCCCCCCCCO)OC(=O)OCCCN(C)C. The maximum absolute atomic E-state index is 12.4. The predicted octanol–water partition coefficient (Wildman–Crippen LogP) is 10.4. The lowest BCUT2D eigenvalue weighted by molar-refractivity contribution is -0.144. The van der Waals surface area contributed by atoms with Crippen molar-refractivity contribution in [1.29, 1.82) is 0 Å². The fourth-order valence-electron chi connectivity index (χ4n) is 5.92. The average Bonchev–Trinajstić information content (AvgIpc) is 3.01. The fraction of sp³-hybridized carbons (Fsp3) is 0.947. The minimum absolute atomic E-state index is 0.145. The molecule has 0 aliphatic rings. The molecule has 0 aliphatic heterocycles. The second-order valence-corrected chi connectivity index (χ2v) is 13.5. The van der Waals surface area contributed by atoms with E-state index in [2.05, 4.69) is 18.7 Å². The van der Waals surface area contributed by atoms with E-state index < -0.39 is 6.16 Å². The molecule has 0 radical (unpaired) electrons. The van der Waals surface area contributed by atoms with Crippen molar-refractivity contribution in [1.82, 2.24) is 4.90 Å². The molecule has 0 bridgehead atoms. The lowest BCUT2D eigenvalue weighted by Gasteiger charge is -2.18. The topological polar surface area (TPSA) is 85.3 Å². The largest absolute Gasteiger partial charge is 0.508 e. The van der Waals surface area contributed by atoms with E-state index in [0.717, 1.165) is 70.3 Å². The summed E-state index contributed by atoms with van der Waals surface area (Å²) in [6.45, 7) is 6.33. The first-order valence-electron chi connectivity index (χ1n) is 19.2. The summed E-state index contributed by atoms with van der Waals surface area (Å²) in [7, 11) is 3.98. The number of carbonyl (C=O) groups is 2. The first-order chi connectivity index (χ1) is 21.9. The number of nitrogens with zero attached hydrogens (tertiary/aromatic N) is 1. The summed E-state index contributed by atoms with van der Waals surface area (Å²) < 4.78 is 16.4.